The Kier molecular flexibility index (Phi) is 5.93. The lowest BCUT2D eigenvalue weighted by Crippen LogP contribution is -2.20. The van der Waals surface area contributed by atoms with E-state index >= 15 is 0 Å². The van der Waals surface area contributed by atoms with Crippen molar-refractivity contribution < 1.29 is 13.9 Å². The molecule has 5 rings (SSSR count). The second kappa shape index (κ2) is 9.33. The average Bonchev–Trinajstić information content (AvgIpc) is 3.34. The maximum absolute atomic E-state index is 12.4. The first-order valence-electron chi connectivity index (χ1n) is 10.6. The van der Waals surface area contributed by atoms with Crippen LogP contribution in [-0.2, 0) is 4.79 Å². The molecule has 5 aromatic rings. The fraction of sp³-hybridized carbons (Fsp3) is 0.0741. The number of rotatable bonds is 6. The summed E-state index contributed by atoms with van der Waals surface area (Å²) in [5.41, 5.74) is 4.45. The Morgan fingerprint density at radius 1 is 1.00 bits per heavy atom. The molecule has 2 aromatic heterocycles. The van der Waals surface area contributed by atoms with Gasteiger partial charge in [0.2, 0.25) is 0 Å². The van der Waals surface area contributed by atoms with Gasteiger partial charge in [0.1, 0.15) is 16.3 Å². The fourth-order valence-corrected chi connectivity index (χ4v) is 4.42. The number of hydrogen-bond acceptors (Lipinski definition) is 6. The first kappa shape index (κ1) is 21.6. The lowest BCUT2D eigenvalue weighted by atomic mass is 10.1. The van der Waals surface area contributed by atoms with E-state index in [4.69, 9.17) is 14.1 Å². The zero-order chi connectivity index (χ0) is 23.5. The van der Waals surface area contributed by atoms with Gasteiger partial charge < -0.3 is 14.5 Å². The molecule has 168 valence electrons. The van der Waals surface area contributed by atoms with Crippen LogP contribution in [0.25, 0.3) is 32.8 Å². The summed E-state index contributed by atoms with van der Waals surface area (Å²) >= 11 is 1.60. The van der Waals surface area contributed by atoms with Gasteiger partial charge in [0.05, 0.1) is 5.69 Å². The van der Waals surface area contributed by atoms with Crippen molar-refractivity contribution in [2.75, 3.05) is 11.9 Å². The topological polar surface area (TPSA) is 81.4 Å². The monoisotopic (exact) mass is 468 g/mol. The van der Waals surface area contributed by atoms with Gasteiger partial charge in [-0.3, -0.25) is 4.79 Å². The maximum atomic E-state index is 12.4. The van der Waals surface area contributed by atoms with Crippen LogP contribution in [0.3, 0.4) is 0 Å². The Labute approximate surface area is 199 Å². The van der Waals surface area contributed by atoms with Crippen molar-refractivity contribution in [3.8, 4) is 27.6 Å². The predicted octanol–water partition coefficient (Wildman–Crippen LogP) is 5.91. The van der Waals surface area contributed by atoms with Crippen molar-refractivity contribution >= 4 is 33.9 Å². The summed E-state index contributed by atoms with van der Waals surface area (Å²) in [4.78, 5) is 28.7. The number of amides is 1. The van der Waals surface area contributed by atoms with Crippen molar-refractivity contribution in [1.29, 1.82) is 0 Å². The molecule has 0 bridgehead atoms. The number of thiazole rings is 1. The molecule has 1 N–H and O–H groups in total. The van der Waals surface area contributed by atoms with Crippen LogP contribution < -0.4 is 15.7 Å². The molecule has 34 heavy (non-hydrogen) atoms. The molecule has 0 aliphatic heterocycles. The molecule has 6 nitrogen and oxygen atoms in total. The van der Waals surface area contributed by atoms with Gasteiger partial charge in [-0.2, -0.15) is 0 Å². The molecular weight excluding hydrogens is 448 g/mol. The third-order valence-electron chi connectivity index (χ3n) is 5.28. The van der Waals surface area contributed by atoms with E-state index in [-0.39, 0.29) is 12.5 Å². The van der Waals surface area contributed by atoms with Crippen LogP contribution in [0.4, 0.5) is 5.69 Å². The van der Waals surface area contributed by atoms with Gasteiger partial charge in [-0.1, -0.05) is 42.5 Å². The molecule has 0 saturated heterocycles. The highest BCUT2D eigenvalue weighted by molar-refractivity contribution is 7.13. The Hall–Kier alpha value is -4.23. The molecule has 3 aromatic carbocycles. The first-order valence-corrected chi connectivity index (χ1v) is 11.5. The van der Waals surface area contributed by atoms with E-state index in [1.54, 1.807) is 29.5 Å². The van der Waals surface area contributed by atoms with Crippen LogP contribution >= 0.6 is 11.3 Å². The summed E-state index contributed by atoms with van der Waals surface area (Å²) in [6, 6.07) is 24.2. The maximum Gasteiger partial charge on any atom is 0.336 e. The quantitative estimate of drug-likeness (QED) is 0.313. The Morgan fingerprint density at radius 3 is 2.59 bits per heavy atom. The summed E-state index contributed by atoms with van der Waals surface area (Å²) in [6.45, 7) is 1.67. The summed E-state index contributed by atoms with van der Waals surface area (Å²) in [6.07, 6.45) is 0. The number of aryl methyl sites for hydroxylation is 1. The first-order chi connectivity index (χ1) is 16.5. The van der Waals surface area contributed by atoms with Crippen molar-refractivity contribution in [1.82, 2.24) is 4.98 Å². The minimum Gasteiger partial charge on any atom is -0.484 e. The highest BCUT2D eigenvalue weighted by Gasteiger charge is 2.09. The number of nitrogens with zero attached hydrogens (tertiary/aromatic N) is 1. The molecule has 1 amide bonds. The largest absolute Gasteiger partial charge is 0.484 e. The third-order valence-corrected chi connectivity index (χ3v) is 6.17. The van der Waals surface area contributed by atoms with E-state index in [1.165, 1.54) is 6.07 Å². The SMILES string of the molecule is Cc1cc(=O)oc2cc(OCC(=O)Nc3ccc(-c4csc(-c5ccccc5)n4)cc3)ccc12. The summed E-state index contributed by atoms with van der Waals surface area (Å²) in [5.74, 6) is 0.156. The van der Waals surface area contributed by atoms with Crippen LogP contribution in [0.2, 0.25) is 0 Å². The van der Waals surface area contributed by atoms with Crippen LogP contribution in [-0.4, -0.2) is 17.5 Å². The highest BCUT2D eigenvalue weighted by Crippen LogP contribution is 2.29. The number of anilines is 1. The molecule has 0 fully saturated rings. The molecule has 0 aliphatic carbocycles. The zero-order valence-electron chi connectivity index (χ0n) is 18.3. The van der Waals surface area contributed by atoms with Gasteiger partial charge in [-0.05, 0) is 36.8 Å². The van der Waals surface area contributed by atoms with E-state index in [9.17, 15) is 9.59 Å². The number of benzene rings is 3. The van der Waals surface area contributed by atoms with Crippen molar-refractivity contribution in [3.05, 3.63) is 100 Å². The number of carbonyl (C=O) groups excluding carboxylic acids is 1. The zero-order valence-corrected chi connectivity index (χ0v) is 19.1. The summed E-state index contributed by atoms with van der Waals surface area (Å²) in [7, 11) is 0. The normalized spacial score (nSPS) is 10.9. The molecule has 0 aliphatic rings. The molecule has 0 unspecified atom stereocenters. The van der Waals surface area contributed by atoms with Gasteiger partial charge in [0, 0.05) is 39.7 Å². The molecule has 7 heteroatoms. The standard InChI is InChI=1S/C27H20N2O4S/c1-17-13-26(31)33-24-14-21(11-12-22(17)24)32-15-25(30)28-20-9-7-18(8-10-20)23-16-34-27(29-23)19-5-3-2-4-6-19/h2-14,16H,15H2,1H3,(H,28,30). The number of fused-ring (bicyclic) bond motifs is 1. The minimum absolute atomic E-state index is 0.171. The number of aromatic nitrogens is 1. The van der Waals surface area contributed by atoms with Crippen LogP contribution in [0.5, 0.6) is 5.75 Å². The Bertz CT molecular complexity index is 1520. The molecule has 0 spiro atoms. The Balaban J connectivity index is 1.21. The number of ether oxygens (including phenoxy) is 1. The van der Waals surface area contributed by atoms with Gasteiger partial charge in [0.15, 0.2) is 6.61 Å². The van der Waals surface area contributed by atoms with Crippen LogP contribution in [0, 0.1) is 6.92 Å². The molecule has 2 heterocycles. The summed E-state index contributed by atoms with van der Waals surface area (Å²) in [5, 5.41) is 6.64. The van der Waals surface area contributed by atoms with Crippen molar-refractivity contribution in [2.45, 2.75) is 6.92 Å². The smallest absolute Gasteiger partial charge is 0.336 e. The van der Waals surface area contributed by atoms with E-state index in [0.29, 0.717) is 17.0 Å². The van der Waals surface area contributed by atoms with Crippen molar-refractivity contribution in [2.24, 2.45) is 0 Å². The van der Waals surface area contributed by atoms with Gasteiger partial charge >= 0.3 is 5.63 Å². The predicted molar refractivity (Wildman–Crippen MR) is 134 cm³/mol. The van der Waals surface area contributed by atoms with Gasteiger partial charge in [0.25, 0.3) is 5.91 Å². The molecule has 0 radical (unpaired) electrons. The van der Waals surface area contributed by atoms with Crippen LogP contribution in [0.1, 0.15) is 5.56 Å². The highest BCUT2D eigenvalue weighted by atomic mass is 32.1. The van der Waals surface area contributed by atoms with Gasteiger partial charge in [-0.15, -0.1) is 11.3 Å². The number of nitrogens with one attached hydrogen (secondary N) is 1. The van der Waals surface area contributed by atoms with E-state index in [0.717, 1.165) is 32.8 Å². The molecular formula is C27H20N2O4S. The van der Waals surface area contributed by atoms with E-state index in [2.05, 4.69) is 5.32 Å². The van der Waals surface area contributed by atoms with Gasteiger partial charge in [-0.25, -0.2) is 9.78 Å². The van der Waals surface area contributed by atoms with Crippen LogP contribution in [0.15, 0.2) is 93.5 Å². The molecule has 0 saturated carbocycles. The van der Waals surface area contributed by atoms with E-state index in [1.807, 2.05) is 66.9 Å². The van der Waals surface area contributed by atoms with Crippen molar-refractivity contribution in [3.63, 3.8) is 0 Å². The summed E-state index contributed by atoms with van der Waals surface area (Å²) < 4.78 is 10.8. The fourth-order valence-electron chi connectivity index (χ4n) is 3.58. The number of carbonyl (C=O) groups is 1. The lowest BCUT2D eigenvalue weighted by Gasteiger charge is -2.09. The average molecular weight is 469 g/mol. The lowest BCUT2D eigenvalue weighted by molar-refractivity contribution is -0.118. The van der Waals surface area contributed by atoms with E-state index < -0.39 is 5.63 Å². The minimum atomic E-state index is -0.419. The second-order valence-corrected chi connectivity index (χ2v) is 8.58. The molecule has 0 atom stereocenters. The third kappa shape index (κ3) is 4.74. The number of hydrogen-bond donors (Lipinski definition) is 1. The second-order valence-electron chi connectivity index (χ2n) is 7.72. The Morgan fingerprint density at radius 2 is 1.79 bits per heavy atom.